The lowest BCUT2D eigenvalue weighted by molar-refractivity contribution is 0.281. The Bertz CT molecular complexity index is 995. The molecular weight excluding hydrogens is 354 g/mol. The number of fused-ring (bicyclic) bond motifs is 1. The lowest BCUT2D eigenvalue weighted by atomic mass is 9.99. The number of aliphatic hydroxyl groups is 1. The largest absolute Gasteiger partial charge is 0.392 e. The second-order valence-corrected chi connectivity index (χ2v) is 7.15. The Kier molecular flexibility index (Phi) is 6.48. The number of rotatable bonds is 6. The van der Waals surface area contributed by atoms with Crippen LogP contribution < -0.4 is 16.3 Å². The van der Waals surface area contributed by atoms with Gasteiger partial charge >= 0.3 is 0 Å². The van der Waals surface area contributed by atoms with Crippen LogP contribution in [0.3, 0.4) is 0 Å². The summed E-state index contributed by atoms with van der Waals surface area (Å²) < 4.78 is 0. The number of thiol groups is 1. The van der Waals surface area contributed by atoms with E-state index in [1.54, 1.807) is 0 Å². The van der Waals surface area contributed by atoms with E-state index >= 15 is 0 Å². The van der Waals surface area contributed by atoms with Gasteiger partial charge in [-0.25, -0.2) is 4.99 Å². The van der Waals surface area contributed by atoms with E-state index in [0.717, 1.165) is 46.5 Å². The van der Waals surface area contributed by atoms with Crippen LogP contribution in [0.25, 0.3) is 6.08 Å². The Morgan fingerprint density at radius 1 is 1.22 bits per heavy atom. The maximum absolute atomic E-state index is 9.54. The molecule has 1 aliphatic rings. The minimum absolute atomic E-state index is 0.0371. The molecule has 0 saturated heterocycles. The molecule has 0 aliphatic carbocycles. The summed E-state index contributed by atoms with van der Waals surface area (Å²) in [5, 5.41) is 11.2. The lowest BCUT2D eigenvalue weighted by Crippen LogP contribution is -2.26. The predicted octanol–water partition coefficient (Wildman–Crippen LogP) is 2.48. The van der Waals surface area contributed by atoms with Crippen LogP contribution in [-0.4, -0.2) is 16.6 Å². The Morgan fingerprint density at radius 2 is 2.00 bits per heavy atom. The highest BCUT2D eigenvalue weighted by Gasteiger charge is 2.13. The Labute approximate surface area is 165 Å². The summed E-state index contributed by atoms with van der Waals surface area (Å²) in [5.74, 6) is 0.408. The van der Waals surface area contributed by atoms with E-state index in [4.69, 9.17) is 5.73 Å². The summed E-state index contributed by atoms with van der Waals surface area (Å²) in [6.07, 6.45) is 6.58. The van der Waals surface area contributed by atoms with E-state index in [1.165, 1.54) is 0 Å². The molecule has 2 aromatic carbocycles. The first-order valence-electron chi connectivity index (χ1n) is 9.19. The van der Waals surface area contributed by atoms with Gasteiger partial charge in [-0.3, -0.25) is 4.99 Å². The number of benzene rings is 2. The smallest absolute Gasteiger partial charge is 0.147 e. The number of unbranched alkanes of at least 4 members (excludes halogenated alkanes) is 1. The summed E-state index contributed by atoms with van der Waals surface area (Å²) in [6.45, 7) is 2.15. The Hall–Kier alpha value is -2.37. The standard InChI is InChI=1S/C22H25N3OS/c1-2-3-10-24-21-20(27)13-17-9-8-15(12-19(17)25-22(21)23)11-16-6-4-5-7-18(16)14-26/h4-10,12-13,20,26-27H,2-3,11,14,23H2,1H3. The number of nitrogens with zero attached hydrogens (tertiary/aromatic N) is 2. The minimum atomic E-state index is -0.191. The molecule has 0 saturated carbocycles. The van der Waals surface area contributed by atoms with Crippen LogP contribution >= 0.6 is 12.6 Å². The van der Waals surface area contributed by atoms with Gasteiger partial charge in [-0.1, -0.05) is 55.8 Å². The molecule has 140 valence electrons. The average Bonchev–Trinajstić information content (AvgIpc) is 2.78. The first-order chi connectivity index (χ1) is 13.1. The highest BCUT2D eigenvalue weighted by atomic mass is 32.1. The summed E-state index contributed by atoms with van der Waals surface area (Å²) in [6, 6.07) is 14.1. The maximum atomic E-state index is 9.54. The zero-order valence-corrected chi connectivity index (χ0v) is 16.4. The van der Waals surface area contributed by atoms with Crippen molar-refractivity contribution in [3.63, 3.8) is 0 Å². The molecule has 4 nitrogen and oxygen atoms in total. The molecule has 0 amide bonds. The number of nitrogens with two attached hydrogens (primary N) is 1. The fraction of sp³-hybridized carbons (Fsp3) is 0.273. The Morgan fingerprint density at radius 3 is 2.74 bits per heavy atom. The molecule has 2 aromatic rings. The van der Waals surface area contributed by atoms with Crippen LogP contribution in [0.1, 0.15) is 36.5 Å². The molecule has 5 heteroatoms. The zero-order valence-electron chi connectivity index (χ0n) is 15.5. The van der Waals surface area contributed by atoms with Gasteiger partial charge in [-0.15, -0.1) is 0 Å². The molecule has 3 N–H and O–H groups in total. The molecule has 1 aliphatic heterocycles. The van der Waals surface area contributed by atoms with Crippen LogP contribution in [0.5, 0.6) is 0 Å². The fourth-order valence-electron chi connectivity index (χ4n) is 3.06. The normalized spacial score (nSPS) is 16.6. The first kappa shape index (κ1) is 19.4. The SMILES string of the molecule is CCCC=NC1=C(N)N=c2cc(Cc3ccccc3CO)ccc2=CC1S. The first-order valence-corrected chi connectivity index (χ1v) is 9.71. The van der Waals surface area contributed by atoms with E-state index in [-0.39, 0.29) is 11.9 Å². The third kappa shape index (κ3) is 4.67. The van der Waals surface area contributed by atoms with Crippen LogP contribution in [0, 0.1) is 0 Å². The van der Waals surface area contributed by atoms with Crippen molar-refractivity contribution < 1.29 is 5.11 Å². The quantitative estimate of drug-likeness (QED) is 0.533. The Balaban J connectivity index is 1.98. The maximum Gasteiger partial charge on any atom is 0.147 e. The summed E-state index contributed by atoms with van der Waals surface area (Å²) in [4.78, 5) is 9.10. The third-order valence-electron chi connectivity index (χ3n) is 4.55. The van der Waals surface area contributed by atoms with Crippen molar-refractivity contribution in [1.82, 2.24) is 0 Å². The molecule has 0 radical (unpaired) electrons. The van der Waals surface area contributed by atoms with Crippen LogP contribution in [0.15, 0.2) is 64.0 Å². The molecule has 0 fully saturated rings. The molecule has 1 atom stereocenters. The van der Waals surface area contributed by atoms with Gasteiger partial charge in [-0.2, -0.15) is 12.6 Å². The number of hydrogen-bond donors (Lipinski definition) is 3. The van der Waals surface area contributed by atoms with Crippen molar-refractivity contribution in [2.75, 3.05) is 0 Å². The van der Waals surface area contributed by atoms with Crippen LogP contribution in [-0.2, 0) is 13.0 Å². The molecule has 27 heavy (non-hydrogen) atoms. The van der Waals surface area contributed by atoms with Crippen molar-refractivity contribution in [2.24, 2.45) is 15.7 Å². The highest BCUT2D eigenvalue weighted by Crippen LogP contribution is 2.17. The summed E-state index contributed by atoms with van der Waals surface area (Å²) >= 11 is 4.65. The lowest BCUT2D eigenvalue weighted by Gasteiger charge is -2.07. The van der Waals surface area contributed by atoms with Gasteiger partial charge in [0.25, 0.3) is 0 Å². The topological polar surface area (TPSA) is 71.0 Å². The van der Waals surface area contributed by atoms with E-state index in [2.05, 4.69) is 35.6 Å². The second-order valence-electron chi connectivity index (χ2n) is 6.59. The van der Waals surface area contributed by atoms with Crippen molar-refractivity contribution >= 4 is 24.9 Å². The van der Waals surface area contributed by atoms with Crippen LogP contribution in [0.2, 0.25) is 0 Å². The second kappa shape index (κ2) is 9.02. The molecule has 1 unspecified atom stereocenters. The monoisotopic (exact) mass is 379 g/mol. The van der Waals surface area contributed by atoms with E-state index in [9.17, 15) is 5.11 Å². The molecular formula is C22H25N3OS. The fourth-order valence-corrected chi connectivity index (χ4v) is 3.42. The highest BCUT2D eigenvalue weighted by molar-refractivity contribution is 7.81. The van der Waals surface area contributed by atoms with E-state index < -0.39 is 0 Å². The van der Waals surface area contributed by atoms with Gasteiger partial charge in [-0.05, 0) is 40.8 Å². The molecule has 0 aromatic heterocycles. The van der Waals surface area contributed by atoms with Crippen molar-refractivity contribution in [3.8, 4) is 0 Å². The third-order valence-corrected chi connectivity index (χ3v) is 4.94. The predicted molar refractivity (Wildman–Crippen MR) is 114 cm³/mol. The number of aliphatic hydroxyl groups excluding tert-OH is 1. The number of aliphatic imine (C=N–C) groups is 1. The minimum Gasteiger partial charge on any atom is -0.392 e. The molecule has 0 bridgehead atoms. The number of hydrogen-bond acceptors (Lipinski definition) is 5. The average molecular weight is 380 g/mol. The van der Waals surface area contributed by atoms with Gasteiger partial charge in [0.15, 0.2) is 0 Å². The molecule has 1 heterocycles. The van der Waals surface area contributed by atoms with Crippen molar-refractivity contribution in [3.05, 3.63) is 81.2 Å². The van der Waals surface area contributed by atoms with Gasteiger partial charge in [0, 0.05) is 6.21 Å². The van der Waals surface area contributed by atoms with Crippen molar-refractivity contribution in [1.29, 1.82) is 0 Å². The van der Waals surface area contributed by atoms with Gasteiger partial charge < -0.3 is 10.8 Å². The van der Waals surface area contributed by atoms with Gasteiger partial charge in [0.05, 0.1) is 22.9 Å². The van der Waals surface area contributed by atoms with E-state index in [0.29, 0.717) is 11.5 Å². The summed E-state index contributed by atoms with van der Waals surface area (Å²) in [7, 11) is 0. The van der Waals surface area contributed by atoms with Crippen molar-refractivity contribution in [2.45, 2.75) is 38.0 Å². The molecule has 0 spiro atoms. The molecule has 3 rings (SSSR count). The van der Waals surface area contributed by atoms with Gasteiger partial charge in [0.1, 0.15) is 5.82 Å². The van der Waals surface area contributed by atoms with Gasteiger partial charge in [0.2, 0.25) is 0 Å². The van der Waals surface area contributed by atoms with Crippen LogP contribution in [0.4, 0.5) is 0 Å². The van der Waals surface area contributed by atoms with E-state index in [1.807, 2.05) is 48.7 Å². The summed E-state index contributed by atoms with van der Waals surface area (Å²) in [5.41, 5.74) is 10.1. The zero-order chi connectivity index (χ0) is 19.2.